The van der Waals surface area contributed by atoms with Crippen LogP contribution in [-0.4, -0.2) is 0 Å². The van der Waals surface area contributed by atoms with E-state index in [1.165, 1.54) is 0 Å². The van der Waals surface area contributed by atoms with Crippen molar-refractivity contribution >= 4 is 0 Å². The van der Waals surface area contributed by atoms with Crippen LogP contribution < -0.4 is 136 Å². The van der Waals surface area contributed by atoms with Crippen molar-refractivity contribution in [3.8, 4) is 0 Å². The van der Waals surface area contributed by atoms with E-state index in [2.05, 4.69) is 0 Å². The summed E-state index contributed by atoms with van der Waals surface area (Å²) in [6, 6.07) is 0. The van der Waals surface area contributed by atoms with Crippen LogP contribution in [-0.2, 0) is 0 Å². The summed E-state index contributed by atoms with van der Waals surface area (Å²) in [7, 11) is 0. The number of hydrogen-bond acceptors (Lipinski definition) is 3. The number of halogens is 2. The third-order valence-corrected chi connectivity index (χ3v) is 0. The van der Waals surface area contributed by atoms with E-state index in [0.717, 1.165) is 0 Å². The maximum Gasteiger partial charge on any atom is 1.00 e. The first-order chi connectivity index (χ1) is 1.73. The summed E-state index contributed by atoms with van der Waals surface area (Å²) in [6.07, 6.45) is 0. The summed E-state index contributed by atoms with van der Waals surface area (Å²) >= 11 is -4.01. The molecular weight excluding hydrogens is 364 g/mol. The van der Waals surface area contributed by atoms with Gasteiger partial charge in [-0.05, 0) is 0 Å². The molecule has 0 saturated carbocycles. The first kappa shape index (κ1) is 22.4. The Morgan fingerprint density at radius 2 is 1.00 bits per heavy atom. The molecule has 7 heteroatoms. The minimum atomic E-state index is -4.01. The van der Waals surface area contributed by atoms with E-state index >= 15 is 0 Å². The van der Waals surface area contributed by atoms with Crippen LogP contribution in [0.1, 0.15) is 0 Å². The van der Waals surface area contributed by atoms with Gasteiger partial charge in [-0.25, -0.2) is 0 Å². The smallest absolute Gasteiger partial charge is 1.00 e. The van der Waals surface area contributed by atoms with Crippen molar-refractivity contribution in [1.82, 2.24) is 0 Å². The van der Waals surface area contributed by atoms with Gasteiger partial charge in [0.05, 0.1) is 0 Å². The molecule has 0 aromatic carbocycles. The van der Waals surface area contributed by atoms with E-state index in [1.807, 2.05) is 0 Å². The molecule has 3 nitrogen and oxygen atoms in total. The van der Waals surface area contributed by atoms with E-state index in [0.29, 0.717) is 0 Å². The molecule has 0 aromatic rings. The molecule has 0 saturated heterocycles. The Morgan fingerprint density at radius 1 is 1.00 bits per heavy atom. The number of rotatable bonds is 0. The zero-order valence-electron chi connectivity index (χ0n) is 3.98. The minimum Gasteiger partial charge on any atom is -1.00 e. The van der Waals surface area contributed by atoms with Crippen molar-refractivity contribution in [2.75, 3.05) is 0 Å². The van der Waals surface area contributed by atoms with Gasteiger partial charge in [-0.1, -0.05) is 0 Å². The summed E-state index contributed by atoms with van der Waals surface area (Å²) in [6.45, 7) is 0. The Hall–Kier alpha value is 3.98. The fraction of sp³-hybridized carbons (Fsp3) is 0. The average molecular weight is 364 g/mol. The molecule has 0 spiro atoms. The minimum absolute atomic E-state index is 0. The molecule has 0 aliphatic rings. The van der Waals surface area contributed by atoms with Crippen LogP contribution in [0.2, 0.25) is 0 Å². The van der Waals surface area contributed by atoms with Crippen molar-refractivity contribution in [2.24, 2.45) is 0 Å². The largest absolute Gasteiger partial charge is 1.00 e. The SMILES string of the molecule is [I-].[K+].[Na+].[O-][I+2]([O-])[O-]. The average Bonchev–Trinajstić information content (AvgIpc) is 0.811. The zero-order chi connectivity index (χ0) is 3.58. The first-order valence-corrected chi connectivity index (χ1v) is 3.11. The van der Waals surface area contributed by atoms with Crippen LogP contribution in [0.4, 0.5) is 0 Å². The van der Waals surface area contributed by atoms with E-state index in [9.17, 15) is 0 Å². The maximum atomic E-state index is 8.57. The van der Waals surface area contributed by atoms with E-state index in [1.54, 1.807) is 0 Å². The van der Waals surface area contributed by atoms with Crippen molar-refractivity contribution in [1.29, 1.82) is 0 Å². The molecule has 0 N–H and O–H groups in total. The van der Waals surface area contributed by atoms with Gasteiger partial charge in [0.25, 0.3) is 21.1 Å². The molecular formula is I2KNaO3. The van der Waals surface area contributed by atoms with E-state index in [-0.39, 0.29) is 105 Å². The molecule has 0 fully saturated rings. The van der Waals surface area contributed by atoms with Crippen molar-refractivity contribution in [2.45, 2.75) is 0 Å². The quantitative estimate of drug-likeness (QED) is 0.317. The summed E-state index contributed by atoms with van der Waals surface area (Å²) < 4.78 is 25.7. The Balaban J connectivity index is -0.0000000150. The van der Waals surface area contributed by atoms with Crippen LogP contribution in [0.25, 0.3) is 0 Å². The van der Waals surface area contributed by atoms with Gasteiger partial charge in [-0.2, -0.15) is 0 Å². The molecule has 0 atom stereocenters. The van der Waals surface area contributed by atoms with Gasteiger partial charge < -0.3 is 34.3 Å². The van der Waals surface area contributed by atoms with Crippen LogP contribution in [0.5, 0.6) is 0 Å². The normalized spacial score (nSPS) is 5.14. The summed E-state index contributed by atoms with van der Waals surface area (Å²) in [4.78, 5) is 0. The third-order valence-electron chi connectivity index (χ3n) is 0. The summed E-state index contributed by atoms with van der Waals surface area (Å²) in [5.74, 6) is 0. The maximum absolute atomic E-state index is 8.57. The van der Waals surface area contributed by atoms with Gasteiger partial charge in [0.2, 0.25) is 0 Å². The number of hydrogen-bond donors (Lipinski definition) is 0. The topological polar surface area (TPSA) is 69.2 Å². The molecule has 7 heavy (non-hydrogen) atoms. The monoisotopic (exact) mass is 364 g/mol. The second-order valence-electron chi connectivity index (χ2n) is 0.189. The second-order valence-corrected chi connectivity index (χ2v) is 1.27. The fourth-order valence-electron chi connectivity index (χ4n) is 0. The Bertz CT molecular complexity index is 17.7. The van der Waals surface area contributed by atoms with Gasteiger partial charge >= 0.3 is 80.9 Å². The Morgan fingerprint density at radius 3 is 1.00 bits per heavy atom. The molecule has 0 rings (SSSR count). The fourth-order valence-corrected chi connectivity index (χ4v) is 0. The molecule has 0 radical (unpaired) electrons. The second kappa shape index (κ2) is 16.5. The third kappa shape index (κ3) is 40.1. The molecule has 0 aliphatic heterocycles. The van der Waals surface area contributed by atoms with Crippen LogP contribution in [0.15, 0.2) is 0 Å². The van der Waals surface area contributed by atoms with Gasteiger partial charge in [0, 0.05) is 0 Å². The van der Waals surface area contributed by atoms with Crippen LogP contribution in [0, 0.1) is 0 Å². The molecule has 0 amide bonds. The van der Waals surface area contributed by atoms with Crippen molar-refractivity contribution < 1.29 is 136 Å². The van der Waals surface area contributed by atoms with Gasteiger partial charge in [-0.15, -0.1) is 0 Å². The Kier molecular flexibility index (Phi) is 53.0. The first-order valence-electron chi connectivity index (χ1n) is 0.463. The van der Waals surface area contributed by atoms with Crippen molar-refractivity contribution in [3.63, 3.8) is 0 Å². The van der Waals surface area contributed by atoms with E-state index in [4.69, 9.17) is 10.3 Å². The molecule has 0 heterocycles. The zero-order valence-corrected chi connectivity index (χ0v) is 13.4. The molecule has 0 aromatic heterocycles. The van der Waals surface area contributed by atoms with Crippen LogP contribution >= 0.6 is 0 Å². The van der Waals surface area contributed by atoms with Gasteiger partial charge in [-0.3, -0.25) is 0 Å². The summed E-state index contributed by atoms with van der Waals surface area (Å²) in [5.41, 5.74) is 0. The van der Waals surface area contributed by atoms with Gasteiger partial charge in [0.15, 0.2) is 0 Å². The predicted octanol–water partition coefficient (Wildman–Crippen LogP) is -15.6. The van der Waals surface area contributed by atoms with E-state index < -0.39 is 21.1 Å². The van der Waals surface area contributed by atoms with Gasteiger partial charge in [0.1, 0.15) is 0 Å². The predicted molar refractivity (Wildman–Crippen MR) is 0 cm³/mol. The Labute approximate surface area is 132 Å². The molecule has 0 bridgehead atoms. The molecule has 0 aliphatic carbocycles. The summed E-state index contributed by atoms with van der Waals surface area (Å²) in [5, 5.41) is 0. The van der Waals surface area contributed by atoms with Crippen LogP contribution in [0.3, 0.4) is 0 Å². The van der Waals surface area contributed by atoms with Crippen molar-refractivity contribution in [3.05, 3.63) is 0 Å². The standard InChI is InChI=1S/IO3.HI.K.Na/c2-1(3)4;;;/h;1H;;/q-1;;2*+1/p-1. The molecule has 34 valence electrons. The molecule has 0 unspecified atom stereocenters.